The van der Waals surface area contributed by atoms with Crippen molar-refractivity contribution in [1.82, 2.24) is 0 Å². The molecule has 10 nitrogen and oxygen atoms in total. The number of rotatable bonds is 7. The van der Waals surface area contributed by atoms with Gasteiger partial charge in [0.2, 0.25) is 0 Å². The van der Waals surface area contributed by atoms with Crippen LogP contribution in [-0.2, 0) is 10.1 Å². The fourth-order valence-electron chi connectivity index (χ4n) is 4.29. The summed E-state index contributed by atoms with van der Waals surface area (Å²) in [5, 5.41) is 18.4. The van der Waals surface area contributed by atoms with E-state index in [0.29, 0.717) is 11.4 Å². The molecule has 0 aliphatic heterocycles. The number of hydrogen-bond donors (Lipinski definition) is 4. The van der Waals surface area contributed by atoms with Crippen LogP contribution in [-0.4, -0.2) is 49.4 Å². The summed E-state index contributed by atoms with van der Waals surface area (Å²) in [5.41, 5.74) is -0.0746. The van der Waals surface area contributed by atoms with Crippen molar-refractivity contribution in [1.29, 1.82) is 0 Å². The Morgan fingerprint density at radius 2 is 1.24 bits per heavy atom. The molecule has 41 heavy (non-hydrogen) atoms. The maximum Gasteiger partial charge on any atom is 0.296 e. The van der Waals surface area contributed by atoms with Crippen LogP contribution < -0.4 is 10.9 Å². The van der Waals surface area contributed by atoms with E-state index in [1.165, 1.54) is 0 Å². The molecule has 0 fully saturated rings. The lowest BCUT2D eigenvalue weighted by Gasteiger charge is -2.24. The monoisotopic (exact) mass is 579 g/mol. The fourth-order valence-corrected chi connectivity index (χ4v) is 5.65. The van der Waals surface area contributed by atoms with Gasteiger partial charge in [-0.25, -0.2) is 0 Å². The smallest absolute Gasteiger partial charge is 0.296 e. The number of fused-ring (bicyclic) bond motifs is 2. The Hall–Kier alpha value is -3.85. The molecule has 0 saturated heterocycles. The van der Waals surface area contributed by atoms with Gasteiger partial charge in [-0.15, -0.1) is 10.2 Å². The predicted octanol–water partition coefficient (Wildman–Crippen LogP) is 5.86. The summed E-state index contributed by atoms with van der Waals surface area (Å²) < 4.78 is 65.4. The topological polar surface area (TPSA) is 164 Å². The van der Waals surface area contributed by atoms with Crippen LogP contribution in [0, 0.1) is 0 Å². The standard InChI is InChI=1S/C26H18B3N4O6S2/c27-23-22-17(14-21(41(37,38)39)26(24(22)29-28)33-30-18-8-2-1-3-9-18)13-20(40(34,35)36)25(23)32-31-19-11-10-15-6-4-5-7-16(15)12-19/h1-14,34-36H,(H,37,38,39). The quantitative estimate of drug-likeness (QED) is 0.107. The zero-order chi connectivity index (χ0) is 29.4. The van der Waals surface area contributed by atoms with Gasteiger partial charge in [-0.05, 0) is 57.9 Å². The van der Waals surface area contributed by atoms with E-state index >= 15 is 0 Å². The normalized spacial score (nSPS) is 13.0. The molecule has 4 N–H and O–H groups in total. The first-order valence-electron chi connectivity index (χ1n) is 11.8. The minimum atomic E-state index is -4.89. The molecule has 5 radical (unpaired) electrons. The molecule has 0 amide bonds. The van der Waals surface area contributed by atoms with Crippen molar-refractivity contribution in [3.63, 3.8) is 0 Å². The van der Waals surface area contributed by atoms with E-state index in [-0.39, 0.29) is 33.1 Å². The molecule has 5 rings (SSSR count). The molecule has 0 aliphatic carbocycles. The summed E-state index contributed by atoms with van der Waals surface area (Å²) in [6.07, 6.45) is 0. The van der Waals surface area contributed by atoms with Gasteiger partial charge in [0, 0.05) is 7.74 Å². The van der Waals surface area contributed by atoms with E-state index in [0.717, 1.165) is 30.1 Å². The second-order valence-corrected chi connectivity index (χ2v) is 11.7. The Labute approximate surface area is 240 Å². The van der Waals surface area contributed by atoms with Crippen LogP contribution in [0.15, 0.2) is 115 Å². The van der Waals surface area contributed by atoms with Crippen LogP contribution in [0.1, 0.15) is 0 Å². The number of nitrogens with zero attached hydrogens (tertiary/aromatic N) is 4. The van der Waals surface area contributed by atoms with Crippen molar-refractivity contribution < 1.29 is 26.6 Å². The van der Waals surface area contributed by atoms with Gasteiger partial charge in [0.1, 0.15) is 29.3 Å². The molecule has 0 saturated carbocycles. The Bertz CT molecular complexity index is 1970. The van der Waals surface area contributed by atoms with E-state index in [1.807, 2.05) is 30.3 Å². The first-order valence-corrected chi connectivity index (χ1v) is 14.8. The maximum absolute atomic E-state index is 12.4. The molecule has 5 aromatic rings. The van der Waals surface area contributed by atoms with Crippen molar-refractivity contribution in [3.8, 4) is 0 Å². The Morgan fingerprint density at radius 3 is 1.90 bits per heavy atom. The van der Waals surface area contributed by atoms with Crippen LogP contribution in [0.25, 0.3) is 21.5 Å². The summed E-state index contributed by atoms with van der Waals surface area (Å²) in [7, 11) is 4.04. The maximum atomic E-state index is 12.4. The third kappa shape index (κ3) is 5.96. The first kappa shape index (κ1) is 28.7. The van der Waals surface area contributed by atoms with Crippen molar-refractivity contribution in [2.45, 2.75) is 9.79 Å². The zero-order valence-electron chi connectivity index (χ0n) is 21.0. The van der Waals surface area contributed by atoms with Gasteiger partial charge in [0.25, 0.3) is 10.1 Å². The van der Waals surface area contributed by atoms with Gasteiger partial charge < -0.3 is 13.7 Å². The van der Waals surface area contributed by atoms with E-state index in [4.69, 9.17) is 15.6 Å². The highest BCUT2D eigenvalue weighted by atomic mass is 32.3. The van der Waals surface area contributed by atoms with Crippen molar-refractivity contribution in [2.75, 3.05) is 0 Å². The van der Waals surface area contributed by atoms with E-state index in [1.54, 1.807) is 42.5 Å². The van der Waals surface area contributed by atoms with Crippen LogP contribution in [0.4, 0.5) is 22.7 Å². The second kappa shape index (κ2) is 11.2. The molecule has 0 bridgehead atoms. The van der Waals surface area contributed by atoms with Crippen LogP contribution >= 0.6 is 10.9 Å². The number of benzene rings is 5. The molecule has 0 heterocycles. The minimum Gasteiger partial charge on any atom is -0.304 e. The van der Waals surface area contributed by atoms with Crippen molar-refractivity contribution in [3.05, 3.63) is 84.9 Å². The van der Waals surface area contributed by atoms with Gasteiger partial charge in [-0.2, -0.15) is 18.6 Å². The van der Waals surface area contributed by atoms with Gasteiger partial charge in [0.05, 0.1) is 29.1 Å². The second-order valence-electron chi connectivity index (χ2n) is 8.80. The minimum absolute atomic E-state index is 0.0147. The highest BCUT2D eigenvalue weighted by Crippen LogP contribution is 2.49. The molecule has 0 aliphatic rings. The molecule has 199 valence electrons. The van der Waals surface area contributed by atoms with Crippen LogP contribution in [0.3, 0.4) is 0 Å². The third-order valence-electron chi connectivity index (χ3n) is 6.14. The lowest BCUT2D eigenvalue weighted by atomic mass is 9.49. The molecule has 0 unspecified atom stereocenters. The molecular formula is C26H18B3N4O6S2. The number of hydrogen-bond acceptors (Lipinski definition) is 9. The van der Waals surface area contributed by atoms with E-state index in [2.05, 4.69) is 20.5 Å². The average molecular weight is 579 g/mol. The summed E-state index contributed by atoms with van der Waals surface area (Å²) >= 11 is 0. The third-order valence-corrected chi connectivity index (χ3v) is 7.91. The van der Waals surface area contributed by atoms with E-state index in [9.17, 15) is 26.6 Å². The Balaban J connectivity index is 1.77. The number of azo groups is 2. The first-order chi connectivity index (χ1) is 19.5. The molecule has 0 spiro atoms. The Morgan fingerprint density at radius 1 is 0.634 bits per heavy atom. The van der Waals surface area contributed by atoms with Gasteiger partial charge in [-0.1, -0.05) is 59.5 Å². The molecular weight excluding hydrogens is 561 g/mol. The zero-order valence-corrected chi connectivity index (χ0v) is 22.7. The molecule has 0 atom stereocenters. The molecule has 0 aromatic heterocycles. The van der Waals surface area contributed by atoms with Crippen molar-refractivity contribution in [2.24, 2.45) is 20.5 Å². The summed E-state index contributed by atoms with van der Waals surface area (Å²) in [4.78, 5) is -1.19. The average Bonchev–Trinajstić information content (AvgIpc) is 2.94. The Kier molecular flexibility index (Phi) is 7.84. The summed E-state index contributed by atoms with van der Waals surface area (Å²) in [6, 6.07) is 23.3. The predicted molar refractivity (Wildman–Crippen MR) is 163 cm³/mol. The van der Waals surface area contributed by atoms with E-state index < -0.39 is 30.8 Å². The summed E-state index contributed by atoms with van der Waals surface area (Å²) in [6.45, 7) is 0. The highest BCUT2D eigenvalue weighted by molar-refractivity contribution is 8.19. The largest absolute Gasteiger partial charge is 0.304 e. The molecule has 5 aromatic carbocycles. The summed E-state index contributed by atoms with van der Waals surface area (Å²) in [5.74, 6) is 0. The van der Waals surface area contributed by atoms with Gasteiger partial charge >= 0.3 is 0 Å². The molecule has 15 heteroatoms. The fraction of sp³-hybridized carbons (Fsp3) is 0. The SMILES string of the molecule is [B][B]c1c(N=Nc2ccccc2)c(S(=O)(=O)O)cc2cc(S(O)(O)O)c(N=Nc3ccc4ccccc4c3)c([B])c12. The van der Waals surface area contributed by atoms with Gasteiger partial charge in [0.15, 0.2) is 0 Å². The lowest BCUT2D eigenvalue weighted by molar-refractivity contribution is 0.376. The lowest BCUT2D eigenvalue weighted by Crippen LogP contribution is -2.25. The van der Waals surface area contributed by atoms with Crippen molar-refractivity contribution >= 4 is 99.0 Å². The van der Waals surface area contributed by atoms with Crippen LogP contribution in [0.2, 0.25) is 0 Å². The highest BCUT2D eigenvalue weighted by Gasteiger charge is 2.28. The van der Waals surface area contributed by atoms with Gasteiger partial charge in [-0.3, -0.25) is 4.55 Å². The van der Waals surface area contributed by atoms with Crippen LogP contribution in [0.5, 0.6) is 0 Å².